The van der Waals surface area contributed by atoms with Crippen molar-refractivity contribution >= 4 is 62.1 Å². The molecule has 1 atom stereocenters. The van der Waals surface area contributed by atoms with E-state index in [0.29, 0.717) is 32.9 Å². The highest BCUT2D eigenvalue weighted by Gasteiger charge is 2.17. The van der Waals surface area contributed by atoms with Gasteiger partial charge in [-0.1, -0.05) is 23.2 Å². The van der Waals surface area contributed by atoms with E-state index in [-0.39, 0.29) is 11.3 Å². The van der Waals surface area contributed by atoms with Crippen molar-refractivity contribution in [3.63, 3.8) is 0 Å². The van der Waals surface area contributed by atoms with E-state index in [1.807, 2.05) is 0 Å². The second-order valence-corrected chi connectivity index (χ2v) is 12.5. The molecule has 0 radical (unpaired) electrons. The van der Waals surface area contributed by atoms with Crippen molar-refractivity contribution in [3.05, 3.63) is 82.0 Å². The van der Waals surface area contributed by atoms with Crippen LogP contribution < -0.4 is 15.4 Å². The van der Waals surface area contributed by atoms with Crippen molar-refractivity contribution in [1.82, 2.24) is 19.5 Å². The smallest absolute Gasteiger partial charge is 0.258 e. The van der Waals surface area contributed by atoms with Crippen molar-refractivity contribution in [2.24, 2.45) is 0 Å². The van der Waals surface area contributed by atoms with E-state index in [9.17, 15) is 13.8 Å². The largest absolute Gasteiger partial charge is 0.321 e. The van der Waals surface area contributed by atoms with Crippen molar-refractivity contribution in [2.45, 2.75) is 11.3 Å². The number of likely N-dealkylation sites (N-methyl/N-ethyl adjacent to an activating group) is 1. The Morgan fingerprint density at radius 3 is 2.42 bits per heavy atom. The van der Waals surface area contributed by atoms with Crippen LogP contribution in [0, 0.1) is 0 Å². The molecule has 2 amide bonds. The Hall–Kier alpha value is -2.99. The SMILES string of the molecule is C=S(=O)(NCCN1CCCN(C)CC1)c1ccc(C(=O)Nc2ccc(Cl)cc2C(=O)Nc2ccc(Cl)cn2)cc1. The number of carbonyl (C=O) groups excluding carboxylic acids is 2. The predicted molar refractivity (Wildman–Crippen MR) is 163 cm³/mol. The number of pyridine rings is 1. The second-order valence-electron chi connectivity index (χ2n) is 9.55. The third-order valence-electron chi connectivity index (χ3n) is 6.52. The molecule has 12 heteroatoms. The monoisotopic (exact) mass is 602 g/mol. The Labute approximate surface area is 245 Å². The molecule has 3 aromatic rings. The number of hydrogen-bond donors (Lipinski definition) is 3. The van der Waals surface area contributed by atoms with Crippen LogP contribution >= 0.6 is 23.2 Å². The predicted octanol–water partition coefficient (Wildman–Crippen LogP) is 4.11. The number of rotatable bonds is 9. The molecule has 0 spiro atoms. The van der Waals surface area contributed by atoms with Crippen molar-refractivity contribution < 1.29 is 13.8 Å². The zero-order chi connectivity index (χ0) is 28.7. The molecule has 1 aliphatic rings. The summed E-state index contributed by atoms with van der Waals surface area (Å²) in [5.41, 5.74) is 0.760. The van der Waals surface area contributed by atoms with E-state index in [4.69, 9.17) is 23.2 Å². The van der Waals surface area contributed by atoms with Gasteiger partial charge in [0.1, 0.15) is 5.82 Å². The first-order chi connectivity index (χ1) is 19.1. The molecule has 1 saturated heterocycles. The van der Waals surface area contributed by atoms with Gasteiger partial charge in [0.2, 0.25) is 0 Å². The van der Waals surface area contributed by atoms with Crippen LogP contribution in [-0.4, -0.2) is 83.0 Å². The topological polar surface area (TPSA) is 107 Å². The molecular weight excluding hydrogens is 571 g/mol. The maximum absolute atomic E-state index is 13.2. The summed E-state index contributed by atoms with van der Waals surface area (Å²) in [6.07, 6.45) is 2.53. The summed E-state index contributed by atoms with van der Waals surface area (Å²) in [7, 11) is -0.613. The molecule has 0 aliphatic carbocycles. The van der Waals surface area contributed by atoms with Gasteiger partial charge in [0.05, 0.1) is 26.0 Å². The summed E-state index contributed by atoms with van der Waals surface area (Å²) in [6, 6.07) is 14.2. The summed E-state index contributed by atoms with van der Waals surface area (Å²) in [5.74, 6) is 3.25. The first kappa shape index (κ1) is 30.0. The maximum Gasteiger partial charge on any atom is 0.258 e. The van der Waals surface area contributed by atoms with Gasteiger partial charge in [-0.15, -0.1) is 0 Å². The third-order valence-corrected chi connectivity index (χ3v) is 8.68. The highest BCUT2D eigenvalue weighted by Crippen LogP contribution is 2.23. The lowest BCUT2D eigenvalue weighted by atomic mass is 10.1. The van der Waals surface area contributed by atoms with E-state index >= 15 is 0 Å². The minimum Gasteiger partial charge on any atom is -0.321 e. The second kappa shape index (κ2) is 13.6. The molecule has 212 valence electrons. The molecule has 2 heterocycles. The van der Waals surface area contributed by atoms with Crippen LogP contribution in [0.4, 0.5) is 11.5 Å². The van der Waals surface area contributed by atoms with Gasteiger partial charge >= 0.3 is 0 Å². The van der Waals surface area contributed by atoms with Gasteiger partial charge in [0.15, 0.2) is 0 Å². The number of anilines is 2. The molecule has 9 nitrogen and oxygen atoms in total. The summed E-state index contributed by atoms with van der Waals surface area (Å²) in [6.45, 7) is 5.43. The molecule has 40 heavy (non-hydrogen) atoms. The fraction of sp³-hybridized carbons (Fsp3) is 0.286. The molecular formula is C28H32Cl2N6O3S. The van der Waals surface area contributed by atoms with Crippen LogP contribution in [0.2, 0.25) is 10.0 Å². The highest BCUT2D eigenvalue weighted by molar-refractivity contribution is 7.98. The summed E-state index contributed by atoms with van der Waals surface area (Å²) in [4.78, 5) is 35.2. The Morgan fingerprint density at radius 1 is 0.950 bits per heavy atom. The number of halogens is 2. The number of amides is 2. The number of aromatic nitrogens is 1. The lowest BCUT2D eigenvalue weighted by molar-refractivity contribution is 0.102. The van der Waals surface area contributed by atoms with E-state index in [2.05, 4.69) is 43.1 Å². The van der Waals surface area contributed by atoms with Gasteiger partial charge in [0.25, 0.3) is 11.8 Å². The number of carbonyl (C=O) groups is 2. The average Bonchev–Trinajstić information content (AvgIpc) is 3.14. The molecule has 4 rings (SSSR count). The van der Waals surface area contributed by atoms with Crippen molar-refractivity contribution in [3.8, 4) is 0 Å². The third kappa shape index (κ3) is 8.26. The number of hydrogen-bond acceptors (Lipinski definition) is 6. The number of nitrogens with zero attached hydrogens (tertiary/aromatic N) is 3. The quantitative estimate of drug-likeness (QED) is 0.318. The van der Waals surface area contributed by atoms with Crippen molar-refractivity contribution in [1.29, 1.82) is 0 Å². The Balaban J connectivity index is 1.38. The highest BCUT2D eigenvalue weighted by atomic mass is 35.5. The average molecular weight is 604 g/mol. The van der Waals surface area contributed by atoms with E-state index in [0.717, 1.165) is 39.1 Å². The van der Waals surface area contributed by atoms with Crippen LogP contribution in [0.5, 0.6) is 0 Å². The fourth-order valence-electron chi connectivity index (χ4n) is 4.24. The van der Waals surface area contributed by atoms with Gasteiger partial charge in [-0.3, -0.25) is 9.59 Å². The molecule has 1 aliphatic heterocycles. The normalized spacial score (nSPS) is 16.1. The fourth-order valence-corrected chi connectivity index (χ4v) is 5.69. The first-order valence-corrected chi connectivity index (χ1v) is 15.3. The molecule has 2 aromatic carbocycles. The van der Waals surface area contributed by atoms with Gasteiger partial charge in [-0.05, 0) is 87.0 Å². The molecule has 1 unspecified atom stereocenters. The van der Waals surface area contributed by atoms with Crippen LogP contribution in [0.1, 0.15) is 27.1 Å². The van der Waals surface area contributed by atoms with E-state index < -0.39 is 21.5 Å². The first-order valence-electron chi connectivity index (χ1n) is 12.8. The Kier molecular flexibility index (Phi) is 10.2. The summed E-state index contributed by atoms with van der Waals surface area (Å²) >= 11 is 12.0. The van der Waals surface area contributed by atoms with Gasteiger partial charge in [-0.2, -0.15) is 0 Å². The summed E-state index contributed by atoms with van der Waals surface area (Å²) in [5, 5.41) is 6.19. The van der Waals surface area contributed by atoms with Crippen LogP contribution in [-0.2, 0) is 9.71 Å². The Morgan fingerprint density at radius 2 is 1.70 bits per heavy atom. The molecule has 1 fully saturated rings. The molecule has 0 saturated carbocycles. The molecule has 0 bridgehead atoms. The summed E-state index contributed by atoms with van der Waals surface area (Å²) < 4.78 is 16.3. The minimum absolute atomic E-state index is 0.162. The standard InChI is InChI=1S/C28H32Cl2N6O3S/c1-35-13-3-14-36(17-16-35)15-12-32-40(2,39)23-8-4-20(5-9-23)27(37)33-25-10-6-21(29)18-24(25)28(38)34-26-11-7-22(30)19-31-26/h4-11,18-19H,2-3,12-17H2,1H3,(H,32,39)(H,33,37)(H,31,34,38). The zero-order valence-electron chi connectivity index (χ0n) is 22.2. The molecule has 3 N–H and O–H groups in total. The van der Waals surface area contributed by atoms with Crippen molar-refractivity contribution in [2.75, 3.05) is 56.9 Å². The minimum atomic E-state index is -2.74. The van der Waals surface area contributed by atoms with Crippen LogP contribution in [0.15, 0.2) is 65.7 Å². The van der Waals surface area contributed by atoms with E-state index in [1.165, 1.54) is 12.3 Å². The maximum atomic E-state index is 13.2. The lowest BCUT2D eigenvalue weighted by Gasteiger charge is -2.21. The van der Waals surface area contributed by atoms with Gasteiger partial charge in [0, 0.05) is 47.9 Å². The van der Waals surface area contributed by atoms with E-state index in [1.54, 1.807) is 48.5 Å². The Bertz CT molecular complexity index is 1450. The number of nitrogens with one attached hydrogen (secondary N) is 3. The van der Waals surface area contributed by atoms with Gasteiger partial charge < -0.3 is 20.4 Å². The number of benzene rings is 2. The zero-order valence-corrected chi connectivity index (χ0v) is 24.5. The van der Waals surface area contributed by atoms with Crippen LogP contribution in [0.25, 0.3) is 0 Å². The molecule has 1 aromatic heterocycles. The van der Waals surface area contributed by atoms with Gasteiger partial charge in [-0.25, -0.2) is 13.9 Å². The van der Waals surface area contributed by atoms with Crippen LogP contribution in [0.3, 0.4) is 0 Å². The lowest BCUT2D eigenvalue weighted by Crippen LogP contribution is -2.36.